The SMILES string of the molecule is CCCC(O)C(/C=C(/C=O)CC)CC.I. The maximum Gasteiger partial charge on any atom is 0.145 e. The normalized spacial score (nSPS) is 15.3. The molecule has 90 valence electrons. The minimum absolute atomic E-state index is 0. The number of hydrogen-bond acceptors (Lipinski definition) is 2. The van der Waals surface area contributed by atoms with Gasteiger partial charge in [0.1, 0.15) is 6.29 Å². The van der Waals surface area contributed by atoms with E-state index in [9.17, 15) is 9.90 Å². The summed E-state index contributed by atoms with van der Waals surface area (Å²) in [7, 11) is 0. The number of carbonyl (C=O) groups excluding carboxylic acids is 1. The molecule has 2 atom stereocenters. The first-order chi connectivity index (χ1) is 6.69. The van der Waals surface area contributed by atoms with Gasteiger partial charge in [-0.25, -0.2) is 0 Å². The standard InChI is InChI=1S/C12H22O2.HI/c1-4-7-12(14)11(6-3)8-10(5-2)9-13;/h8-9,11-12,14H,4-7H2,1-3H3;1H/b10-8+;. The van der Waals surface area contributed by atoms with Crippen LogP contribution in [0.1, 0.15) is 46.5 Å². The minimum atomic E-state index is -0.300. The van der Waals surface area contributed by atoms with Crippen LogP contribution in [-0.2, 0) is 4.79 Å². The number of rotatable bonds is 7. The van der Waals surface area contributed by atoms with E-state index < -0.39 is 0 Å². The third-order valence-corrected chi connectivity index (χ3v) is 2.54. The Morgan fingerprint density at radius 3 is 2.27 bits per heavy atom. The summed E-state index contributed by atoms with van der Waals surface area (Å²) >= 11 is 0. The topological polar surface area (TPSA) is 37.3 Å². The van der Waals surface area contributed by atoms with Crippen LogP contribution in [0.2, 0.25) is 0 Å². The molecule has 2 nitrogen and oxygen atoms in total. The van der Waals surface area contributed by atoms with Crippen LogP contribution < -0.4 is 0 Å². The predicted molar refractivity (Wildman–Crippen MR) is 74.5 cm³/mol. The van der Waals surface area contributed by atoms with E-state index in [1.54, 1.807) is 0 Å². The molecule has 2 unspecified atom stereocenters. The molecular weight excluding hydrogens is 303 g/mol. The molecular formula is C12H23IO2. The summed E-state index contributed by atoms with van der Waals surface area (Å²) < 4.78 is 0. The van der Waals surface area contributed by atoms with Crippen LogP contribution in [0.15, 0.2) is 11.6 Å². The molecule has 0 spiro atoms. The zero-order valence-corrected chi connectivity index (χ0v) is 12.2. The van der Waals surface area contributed by atoms with Crippen molar-refractivity contribution in [2.75, 3.05) is 0 Å². The van der Waals surface area contributed by atoms with Crippen LogP contribution in [0.25, 0.3) is 0 Å². The summed E-state index contributed by atoms with van der Waals surface area (Å²) in [6.45, 7) is 6.05. The quantitative estimate of drug-likeness (QED) is 0.443. The second-order valence-electron chi connectivity index (χ2n) is 3.64. The molecule has 1 N–H and O–H groups in total. The van der Waals surface area contributed by atoms with E-state index in [1.807, 2.05) is 19.9 Å². The van der Waals surface area contributed by atoms with E-state index in [1.165, 1.54) is 0 Å². The fourth-order valence-corrected chi connectivity index (χ4v) is 1.53. The smallest absolute Gasteiger partial charge is 0.145 e. The number of aldehydes is 1. The summed E-state index contributed by atoms with van der Waals surface area (Å²) in [4.78, 5) is 10.6. The maximum atomic E-state index is 10.6. The third kappa shape index (κ3) is 7.06. The van der Waals surface area contributed by atoms with Gasteiger partial charge in [0.25, 0.3) is 0 Å². The lowest BCUT2D eigenvalue weighted by molar-refractivity contribution is -0.105. The lowest BCUT2D eigenvalue weighted by Crippen LogP contribution is -2.18. The number of carbonyl (C=O) groups is 1. The molecule has 0 saturated heterocycles. The highest BCUT2D eigenvalue weighted by molar-refractivity contribution is 14.0. The monoisotopic (exact) mass is 326 g/mol. The van der Waals surface area contributed by atoms with Crippen molar-refractivity contribution in [3.63, 3.8) is 0 Å². The lowest BCUT2D eigenvalue weighted by atomic mass is 9.93. The number of hydrogen-bond donors (Lipinski definition) is 1. The average molecular weight is 326 g/mol. The lowest BCUT2D eigenvalue weighted by Gasteiger charge is -2.18. The number of aliphatic hydroxyl groups is 1. The van der Waals surface area contributed by atoms with Gasteiger partial charge in [-0.1, -0.05) is 33.3 Å². The van der Waals surface area contributed by atoms with Crippen molar-refractivity contribution in [2.24, 2.45) is 5.92 Å². The van der Waals surface area contributed by atoms with Crippen molar-refractivity contribution in [3.8, 4) is 0 Å². The molecule has 0 aliphatic rings. The van der Waals surface area contributed by atoms with Crippen LogP contribution in [0.5, 0.6) is 0 Å². The molecule has 3 heteroatoms. The second kappa shape index (κ2) is 10.6. The summed E-state index contributed by atoms with van der Waals surface area (Å²) in [5, 5.41) is 9.79. The third-order valence-electron chi connectivity index (χ3n) is 2.54. The molecule has 0 aromatic carbocycles. The Hall–Kier alpha value is 0.1000. The maximum absolute atomic E-state index is 10.6. The van der Waals surface area contributed by atoms with Crippen molar-refractivity contribution < 1.29 is 9.90 Å². The van der Waals surface area contributed by atoms with Crippen molar-refractivity contribution in [2.45, 2.75) is 52.6 Å². The first-order valence-electron chi connectivity index (χ1n) is 5.53. The van der Waals surface area contributed by atoms with Gasteiger partial charge in [-0.3, -0.25) is 4.79 Å². The number of allylic oxidation sites excluding steroid dienone is 1. The molecule has 0 aromatic rings. The van der Waals surface area contributed by atoms with Gasteiger partial charge in [-0.15, -0.1) is 24.0 Å². The highest BCUT2D eigenvalue weighted by atomic mass is 127. The molecule has 0 aliphatic carbocycles. The summed E-state index contributed by atoms with van der Waals surface area (Å²) in [6.07, 6.45) is 5.94. The Morgan fingerprint density at radius 1 is 1.33 bits per heavy atom. The number of aliphatic hydroxyl groups excluding tert-OH is 1. The second-order valence-corrected chi connectivity index (χ2v) is 3.64. The molecule has 0 fully saturated rings. The van der Waals surface area contributed by atoms with Gasteiger partial charge in [0, 0.05) is 5.92 Å². The van der Waals surface area contributed by atoms with E-state index in [0.29, 0.717) is 0 Å². The van der Waals surface area contributed by atoms with E-state index in [4.69, 9.17) is 0 Å². The predicted octanol–water partition coefficient (Wildman–Crippen LogP) is 3.33. The van der Waals surface area contributed by atoms with Crippen molar-refractivity contribution in [3.05, 3.63) is 11.6 Å². The van der Waals surface area contributed by atoms with Crippen molar-refractivity contribution >= 4 is 30.3 Å². The van der Waals surface area contributed by atoms with E-state index in [0.717, 1.165) is 37.5 Å². The molecule has 0 heterocycles. The van der Waals surface area contributed by atoms with Gasteiger partial charge >= 0.3 is 0 Å². The molecule has 0 amide bonds. The fraction of sp³-hybridized carbons (Fsp3) is 0.750. The molecule has 0 bridgehead atoms. The molecule has 0 radical (unpaired) electrons. The highest BCUT2D eigenvalue weighted by Gasteiger charge is 2.14. The van der Waals surface area contributed by atoms with Gasteiger partial charge in [-0.2, -0.15) is 0 Å². The largest absolute Gasteiger partial charge is 0.393 e. The Balaban J connectivity index is 0. The Labute approximate surface area is 110 Å². The molecule has 0 saturated carbocycles. The van der Waals surface area contributed by atoms with Gasteiger partial charge in [0.15, 0.2) is 0 Å². The van der Waals surface area contributed by atoms with Crippen molar-refractivity contribution in [1.82, 2.24) is 0 Å². The zero-order valence-electron chi connectivity index (χ0n) is 9.90. The van der Waals surface area contributed by atoms with Gasteiger partial charge < -0.3 is 5.11 Å². The van der Waals surface area contributed by atoms with E-state index in [-0.39, 0.29) is 36.0 Å². The van der Waals surface area contributed by atoms with Gasteiger partial charge in [0.2, 0.25) is 0 Å². The van der Waals surface area contributed by atoms with Crippen molar-refractivity contribution in [1.29, 1.82) is 0 Å². The van der Waals surface area contributed by atoms with Crippen LogP contribution in [0, 0.1) is 5.92 Å². The Kier molecular flexibility index (Phi) is 12.4. The summed E-state index contributed by atoms with van der Waals surface area (Å²) in [5.74, 6) is 0.134. The molecule has 0 rings (SSSR count). The average Bonchev–Trinajstić information content (AvgIpc) is 2.20. The minimum Gasteiger partial charge on any atom is -0.393 e. The van der Waals surface area contributed by atoms with Gasteiger partial charge in [-0.05, 0) is 24.8 Å². The first kappa shape index (κ1) is 17.5. The number of halogens is 1. The molecule has 0 aliphatic heterocycles. The van der Waals surface area contributed by atoms with Crippen LogP contribution in [-0.4, -0.2) is 17.5 Å². The molecule has 0 aromatic heterocycles. The Bertz CT molecular complexity index is 190. The highest BCUT2D eigenvalue weighted by Crippen LogP contribution is 2.17. The summed E-state index contributed by atoms with van der Waals surface area (Å²) in [5.41, 5.74) is 0.798. The van der Waals surface area contributed by atoms with Crippen LogP contribution >= 0.6 is 24.0 Å². The molecule has 15 heavy (non-hydrogen) atoms. The van der Waals surface area contributed by atoms with E-state index in [2.05, 4.69) is 6.92 Å². The summed E-state index contributed by atoms with van der Waals surface area (Å²) in [6, 6.07) is 0. The Morgan fingerprint density at radius 2 is 1.93 bits per heavy atom. The van der Waals surface area contributed by atoms with E-state index >= 15 is 0 Å². The van der Waals surface area contributed by atoms with Crippen LogP contribution in [0.3, 0.4) is 0 Å². The zero-order chi connectivity index (χ0) is 11.0. The first-order valence-corrected chi connectivity index (χ1v) is 5.53. The van der Waals surface area contributed by atoms with Gasteiger partial charge in [0.05, 0.1) is 6.10 Å². The fourth-order valence-electron chi connectivity index (χ4n) is 1.53. The van der Waals surface area contributed by atoms with Crippen LogP contribution in [0.4, 0.5) is 0 Å².